The minimum atomic E-state index is -0.898. The van der Waals surface area contributed by atoms with Crippen molar-refractivity contribution in [2.24, 2.45) is 5.41 Å². The number of rotatable bonds is 3. The largest absolute Gasteiger partial charge is 0.335 e. The smallest absolute Gasteiger partial charge is 0.241 e. The molecule has 0 radical (unpaired) electrons. The van der Waals surface area contributed by atoms with Gasteiger partial charge in [-0.3, -0.25) is 4.79 Å². The zero-order valence-corrected chi connectivity index (χ0v) is 11.1. The van der Waals surface area contributed by atoms with E-state index in [-0.39, 0.29) is 5.91 Å². The molecule has 0 aromatic heterocycles. The molecule has 90 valence electrons. The number of hydrogen-bond acceptors (Lipinski definition) is 3. The van der Waals surface area contributed by atoms with Crippen LogP contribution < -0.4 is 5.32 Å². The normalized spacial score (nSPS) is 17.1. The van der Waals surface area contributed by atoms with Gasteiger partial charge < -0.3 is 5.32 Å². The van der Waals surface area contributed by atoms with Crippen LogP contribution in [0.15, 0.2) is 28.7 Å². The summed E-state index contributed by atoms with van der Waals surface area (Å²) in [5.74, 6) is -0.348. The number of hydrogen-bond donors (Lipinski definition) is 1. The van der Waals surface area contributed by atoms with Gasteiger partial charge in [0.1, 0.15) is 11.5 Å². The maximum Gasteiger partial charge on any atom is 0.241 e. The Morgan fingerprint density at radius 2 is 1.94 bits per heavy atom. The van der Waals surface area contributed by atoms with Crippen molar-refractivity contribution < 1.29 is 4.79 Å². The van der Waals surface area contributed by atoms with E-state index in [0.29, 0.717) is 18.4 Å². The van der Waals surface area contributed by atoms with Gasteiger partial charge in [-0.05, 0) is 30.5 Å². The molecule has 1 aliphatic rings. The summed E-state index contributed by atoms with van der Waals surface area (Å²) in [5.41, 5.74) is -0.187. The van der Waals surface area contributed by atoms with Gasteiger partial charge in [0.2, 0.25) is 5.91 Å². The summed E-state index contributed by atoms with van der Waals surface area (Å²) in [6, 6.07) is 10.5. The van der Waals surface area contributed by atoms with E-state index in [1.807, 2.05) is 24.3 Å². The molecule has 1 aliphatic carbocycles. The molecule has 2 rings (SSSR count). The van der Waals surface area contributed by atoms with Gasteiger partial charge in [0.05, 0.1) is 12.1 Å². The summed E-state index contributed by atoms with van der Waals surface area (Å²) >= 11 is 3.31. The third-order valence-electron chi connectivity index (χ3n) is 3.01. The van der Waals surface area contributed by atoms with Crippen molar-refractivity contribution in [3.8, 4) is 12.1 Å². The van der Waals surface area contributed by atoms with Crippen molar-refractivity contribution >= 4 is 21.8 Å². The van der Waals surface area contributed by atoms with E-state index < -0.39 is 11.5 Å². The lowest BCUT2D eigenvalue weighted by molar-refractivity contribution is -0.124. The Bertz CT molecular complexity index is 549. The Labute approximate surface area is 113 Å². The van der Waals surface area contributed by atoms with Crippen LogP contribution in [0.1, 0.15) is 24.4 Å². The van der Waals surface area contributed by atoms with E-state index >= 15 is 0 Å². The molecule has 0 bridgehead atoms. The Kier molecular flexibility index (Phi) is 3.36. The van der Waals surface area contributed by atoms with E-state index in [1.165, 1.54) is 0 Å². The lowest BCUT2D eigenvalue weighted by Crippen LogP contribution is -2.33. The van der Waals surface area contributed by atoms with E-state index in [0.717, 1.165) is 4.47 Å². The van der Waals surface area contributed by atoms with Crippen LogP contribution in [0, 0.1) is 28.1 Å². The number of nitriles is 2. The number of nitrogens with zero attached hydrogens (tertiary/aromatic N) is 2. The van der Waals surface area contributed by atoms with Crippen LogP contribution in [0.5, 0.6) is 0 Å². The van der Waals surface area contributed by atoms with Gasteiger partial charge in [-0.1, -0.05) is 28.1 Å². The molecular formula is C13H10BrN3O. The molecule has 1 atom stereocenters. The summed E-state index contributed by atoms with van der Waals surface area (Å²) in [5, 5.41) is 20.6. The Morgan fingerprint density at radius 1 is 1.33 bits per heavy atom. The highest BCUT2D eigenvalue weighted by Crippen LogP contribution is 2.45. The fraction of sp³-hybridized carbons (Fsp3) is 0.308. The van der Waals surface area contributed by atoms with Crippen LogP contribution in [0.25, 0.3) is 0 Å². The topological polar surface area (TPSA) is 76.7 Å². The Balaban J connectivity index is 2.12. The van der Waals surface area contributed by atoms with E-state index in [4.69, 9.17) is 10.5 Å². The minimum absolute atomic E-state index is 0.348. The van der Waals surface area contributed by atoms with Crippen LogP contribution in [0.4, 0.5) is 0 Å². The first-order valence-corrected chi connectivity index (χ1v) is 6.28. The van der Waals surface area contributed by atoms with Gasteiger partial charge in [0.25, 0.3) is 0 Å². The highest BCUT2D eigenvalue weighted by Gasteiger charge is 2.51. The molecule has 5 heteroatoms. The first-order valence-electron chi connectivity index (χ1n) is 5.48. The minimum Gasteiger partial charge on any atom is -0.335 e. The molecule has 1 N–H and O–H groups in total. The van der Waals surface area contributed by atoms with E-state index in [2.05, 4.69) is 21.2 Å². The third kappa shape index (κ3) is 2.37. The van der Waals surface area contributed by atoms with E-state index in [1.54, 1.807) is 12.1 Å². The predicted molar refractivity (Wildman–Crippen MR) is 67.9 cm³/mol. The fourth-order valence-corrected chi connectivity index (χ4v) is 1.89. The lowest BCUT2D eigenvalue weighted by Gasteiger charge is -2.14. The van der Waals surface area contributed by atoms with Crippen molar-refractivity contribution in [3.63, 3.8) is 0 Å². The van der Waals surface area contributed by atoms with Crippen LogP contribution in [0.2, 0.25) is 0 Å². The van der Waals surface area contributed by atoms with Gasteiger partial charge in [-0.15, -0.1) is 0 Å². The maximum atomic E-state index is 11.9. The standard InChI is InChI=1S/C13H10BrN3O/c14-10-3-1-9(2-4-10)11(7-15)17-12(18)13(8-16)5-6-13/h1-4,11H,5-6H2,(H,17,18). The molecule has 0 saturated heterocycles. The first-order chi connectivity index (χ1) is 8.61. The summed E-state index contributed by atoms with van der Waals surface area (Å²) in [6.45, 7) is 0. The average molecular weight is 304 g/mol. The van der Waals surface area contributed by atoms with Crippen molar-refractivity contribution in [2.75, 3.05) is 0 Å². The molecule has 4 nitrogen and oxygen atoms in total. The molecule has 1 fully saturated rings. The summed E-state index contributed by atoms with van der Waals surface area (Å²) in [4.78, 5) is 11.9. The number of amides is 1. The van der Waals surface area contributed by atoms with Crippen molar-refractivity contribution in [3.05, 3.63) is 34.3 Å². The summed E-state index contributed by atoms with van der Waals surface area (Å²) in [7, 11) is 0. The molecule has 18 heavy (non-hydrogen) atoms. The maximum absolute atomic E-state index is 11.9. The van der Waals surface area contributed by atoms with Gasteiger partial charge in [-0.25, -0.2) is 0 Å². The second-order valence-corrected chi connectivity index (χ2v) is 5.20. The lowest BCUT2D eigenvalue weighted by atomic mass is 10.1. The fourth-order valence-electron chi connectivity index (χ4n) is 1.63. The SMILES string of the molecule is N#CC(NC(=O)C1(C#N)CC1)c1ccc(Br)cc1. The van der Waals surface area contributed by atoms with Gasteiger partial charge in [-0.2, -0.15) is 10.5 Å². The number of benzene rings is 1. The molecule has 0 spiro atoms. The average Bonchev–Trinajstić information content (AvgIpc) is 3.18. The van der Waals surface area contributed by atoms with Gasteiger partial charge >= 0.3 is 0 Å². The monoisotopic (exact) mass is 303 g/mol. The van der Waals surface area contributed by atoms with E-state index in [9.17, 15) is 4.79 Å². The van der Waals surface area contributed by atoms with Crippen molar-refractivity contribution in [1.82, 2.24) is 5.32 Å². The molecule has 1 aromatic carbocycles. The molecule has 0 aliphatic heterocycles. The van der Waals surface area contributed by atoms with Crippen LogP contribution >= 0.6 is 15.9 Å². The third-order valence-corrected chi connectivity index (χ3v) is 3.54. The number of halogens is 1. The van der Waals surface area contributed by atoms with Crippen LogP contribution in [-0.2, 0) is 4.79 Å². The summed E-state index contributed by atoms with van der Waals surface area (Å²) in [6.07, 6.45) is 1.15. The quantitative estimate of drug-likeness (QED) is 0.931. The highest BCUT2D eigenvalue weighted by atomic mass is 79.9. The number of carbonyl (C=O) groups excluding carboxylic acids is 1. The first kappa shape index (κ1) is 12.6. The molecule has 0 heterocycles. The highest BCUT2D eigenvalue weighted by molar-refractivity contribution is 9.10. The Morgan fingerprint density at radius 3 is 2.39 bits per heavy atom. The van der Waals surface area contributed by atoms with Gasteiger partial charge in [0, 0.05) is 4.47 Å². The Hall–Kier alpha value is -1.85. The number of nitrogens with one attached hydrogen (secondary N) is 1. The molecule has 1 amide bonds. The second-order valence-electron chi connectivity index (χ2n) is 4.28. The van der Waals surface area contributed by atoms with Crippen molar-refractivity contribution in [2.45, 2.75) is 18.9 Å². The zero-order valence-electron chi connectivity index (χ0n) is 9.48. The van der Waals surface area contributed by atoms with Crippen LogP contribution in [-0.4, -0.2) is 5.91 Å². The molecular weight excluding hydrogens is 294 g/mol. The predicted octanol–water partition coefficient (Wildman–Crippen LogP) is 2.43. The molecule has 1 unspecified atom stereocenters. The van der Waals surface area contributed by atoms with Gasteiger partial charge in [0.15, 0.2) is 0 Å². The second kappa shape index (κ2) is 4.80. The number of carbonyl (C=O) groups is 1. The molecule has 1 aromatic rings. The zero-order chi connectivity index (χ0) is 13.2. The van der Waals surface area contributed by atoms with Crippen molar-refractivity contribution in [1.29, 1.82) is 10.5 Å². The molecule has 1 saturated carbocycles. The van der Waals surface area contributed by atoms with Crippen LogP contribution in [0.3, 0.4) is 0 Å². The summed E-state index contributed by atoms with van der Waals surface area (Å²) < 4.78 is 0.907.